The topological polar surface area (TPSA) is 112 Å². The van der Waals surface area contributed by atoms with Gasteiger partial charge in [0.15, 0.2) is 17.4 Å². The van der Waals surface area contributed by atoms with Crippen molar-refractivity contribution in [3.05, 3.63) is 39.0 Å². The average Bonchev–Trinajstić information content (AvgIpc) is 2.75. The first-order valence-corrected chi connectivity index (χ1v) is 6.70. The van der Waals surface area contributed by atoms with Gasteiger partial charge < -0.3 is 14.9 Å². The van der Waals surface area contributed by atoms with Crippen LogP contribution >= 0.6 is 0 Å². The highest BCUT2D eigenvalue weighted by atomic mass is 16.6. The number of benzene rings is 1. The molecule has 0 saturated carbocycles. The van der Waals surface area contributed by atoms with Gasteiger partial charge >= 0.3 is 6.09 Å². The molecule has 7 heteroatoms. The second-order valence-electron chi connectivity index (χ2n) is 5.29. The van der Waals surface area contributed by atoms with Crippen LogP contribution in [0.2, 0.25) is 0 Å². The summed E-state index contributed by atoms with van der Waals surface area (Å²) in [4.78, 5) is 35.2. The summed E-state index contributed by atoms with van der Waals surface area (Å²) in [7, 11) is 0. The number of imide groups is 1. The highest BCUT2D eigenvalue weighted by Crippen LogP contribution is 2.22. The monoisotopic (exact) mass is 302 g/mol. The Bertz CT molecular complexity index is 868. The molecule has 1 unspecified atom stereocenters. The van der Waals surface area contributed by atoms with Crippen molar-refractivity contribution in [2.24, 2.45) is 0 Å². The van der Waals surface area contributed by atoms with E-state index in [4.69, 9.17) is 14.9 Å². The van der Waals surface area contributed by atoms with Crippen molar-refractivity contribution in [2.75, 3.05) is 5.73 Å². The summed E-state index contributed by atoms with van der Waals surface area (Å²) in [5.41, 5.74) is 7.92. The molecule has 0 aliphatic carbocycles. The van der Waals surface area contributed by atoms with E-state index in [-0.39, 0.29) is 23.3 Å². The van der Waals surface area contributed by atoms with Gasteiger partial charge in [-0.15, -0.1) is 0 Å². The summed E-state index contributed by atoms with van der Waals surface area (Å²) in [5, 5.41) is 2.39. The fraction of sp³-hybridized carbons (Fsp3) is 0.267. The zero-order valence-corrected chi connectivity index (χ0v) is 12.1. The molecule has 3 rings (SSSR count). The number of anilines is 1. The highest BCUT2D eigenvalue weighted by Gasteiger charge is 2.34. The van der Waals surface area contributed by atoms with Crippen molar-refractivity contribution in [2.45, 2.75) is 26.4 Å². The van der Waals surface area contributed by atoms with E-state index < -0.39 is 18.1 Å². The van der Waals surface area contributed by atoms with E-state index >= 15 is 0 Å². The number of aryl methyl sites for hydroxylation is 2. The maximum Gasteiger partial charge on any atom is 0.414 e. The number of cyclic esters (lactones) is 1. The van der Waals surface area contributed by atoms with Gasteiger partial charge in [0.05, 0.1) is 10.9 Å². The molecule has 1 fully saturated rings. The van der Waals surface area contributed by atoms with Crippen molar-refractivity contribution in [1.82, 2.24) is 5.32 Å². The van der Waals surface area contributed by atoms with E-state index in [1.54, 1.807) is 12.1 Å². The zero-order valence-electron chi connectivity index (χ0n) is 12.1. The Hall–Kier alpha value is -2.83. The van der Waals surface area contributed by atoms with Gasteiger partial charge in [-0.25, -0.2) is 4.79 Å². The van der Waals surface area contributed by atoms with Crippen LogP contribution in [0.1, 0.15) is 16.7 Å². The molecule has 22 heavy (non-hydrogen) atoms. The molecule has 1 saturated heterocycles. The highest BCUT2D eigenvalue weighted by molar-refractivity contribution is 6.00. The van der Waals surface area contributed by atoms with Crippen LogP contribution in [-0.2, 0) is 16.0 Å². The number of nitrogens with one attached hydrogen (secondary N) is 1. The van der Waals surface area contributed by atoms with E-state index in [1.165, 1.54) is 0 Å². The molecule has 114 valence electrons. The Balaban J connectivity index is 2.10. The number of nitrogens with two attached hydrogens (primary N) is 1. The van der Waals surface area contributed by atoms with Crippen molar-refractivity contribution in [1.29, 1.82) is 0 Å². The summed E-state index contributed by atoms with van der Waals surface area (Å²) in [6.07, 6.45) is -2.01. The number of rotatable bonds is 2. The third-order valence-electron chi connectivity index (χ3n) is 3.79. The lowest BCUT2D eigenvalue weighted by Gasteiger charge is -2.10. The molecular formula is C15H14N2O5. The van der Waals surface area contributed by atoms with Crippen molar-refractivity contribution in [3.63, 3.8) is 0 Å². The van der Waals surface area contributed by atoms with Crippen LogP contribution < -0.4 is 16.5 Å². The average molecular weight is 302 g/mol. The smallest absolute Gasteiger partial charge is 0.414 e. The van der Waals surface area contributed by atoms with Crippen LogP contribution in [0.5, 0.6) is 0 Å². The first kappa shape index (κ1) is 14.1. The normalized spacial score (nSPS) is 17.6. The van der Waals surface area contributed by atoms with Gasteiger partial charge in [0.2, 0.25) is 0 Å². The minimum absolute atomic E-state index is 0.0727. The molecule has 3 N–H and O–H groups in total. The summed E-state index contributed by atoms with van der Waals surface area (Å²) >= 11 is 0. The number of carbonyl (C=O) groups excluding carboxylic acids is 2. The fourth-order valence-corrected chi connectivity index (χ4v) is 2.41. The number of nitrogen functional groups attached to an aromatic ring is 1. The first-order valence-electron chi connectivity index (χ1n) is 6.70. The van der Waals surface area contributed by atoms with Gasteiger partial charge in [0.25, 0.3) is 5.91 Å². The predicted octanol–water partition coefficient (Wildman–Crippen LogP) is 1.17. The molecule has 0 spiro atoms. The minimum Gasteiger partial charge on any atom is -0.440 e. The Morgan fingerprint density at radius 2 is 1.86 bits per heavy atom. The van der Waals surface area contributed by atoms with Crippen LogP contribution in [0.3, 0.4) is 0 Å². The molecule has 2 aromatic rings. The van der Waals surface area contributed by atoms with Gasteiger partial charge in [0, 0.05) is 6.42 Å². The second kappa shape index (κ2) is 4.87. The lowest BCUT2D eigenvalue weighted by atomic mass is 10.0. The van der Waals surface area contributed by atoms with Crippen LogP contribution in [-0.4, -0.2) is 18.1 Å². The second-order valence-corrected chi connectivity index (χ2v) is 5.29. The van der Waals surface area contributed by atoms with Crippen LogP contribution in [0, 0.1) is 13.8 Å². The Morgan fingerprint density at radius 1 is 1.18 bits per heavy atom. The minimum atomic E-state index is -1.07. The van der Waals surface area contributed by atoms with E-state index in [0.29, 0.717) is 11.0 Å². The number of alkyl carbamates (subject to hydrolysis) is 1. The van der Waals surface area contributed by atoms with Crippen molar-refractivity contribution >= 4 is 28.9 Å². The molecule has 0 radical (unpaired) electrons. The van der Waals surface area contributed by atoms with E-state index in [0.717, 1.165) is 11.1 Å². The number of fused-ring (bicyclic) bond motifs is 1. The maximum atomic E-state index is 12.6. The Kier molecular flexibility index (Phi) is 3.13. The Labute approximate surface area is 125 Å². The van der Waals surface area contributed by atoms with E-state index in [9.17, 15) is 14.4 Å². The number of ether oxygens (including phenoxy) is 1. The molecule has 1 aliphatic heterocycles. The molecule has 7 nitrogen and oxygen atoms in total. The largest absolute Gasteiger partial charge is 0.440 e. The van der Waals surface area contributed by atoms with Crippen LogP contribution in [0.15, 0.2) is 21.3 Å². The molecule has 0 bridgehead atoms. The van der Waals surface area contributed by atoms with Crippen molar-refractivity contribution in [3.8, 4) is 0 Å². The van der Waals surface area contributed by atoms with Gasteiger partial charge in [0.1, 0.15) is 5.58 Å². The lowest BCUT2D eigenvalue weighted by Crippen LogP contribution is -2.28. The Morgan fingerprint density at radius 3 is 2.50 bits per heavy atom. The van der Waals surface area contributed by atoms with Gasteiger partial charge in [-0.3, -0.25) is 14.9 Å². The van der Waals surface area contributed by atoms with Gasteiger partial charge in [-0.05, 0) is 37.1 Å². The maximum absolute atomic E-state index is 12.6. The molecule has 1 aromatic heterocycles. The third kappa shape index (κ3) is 2.20. The molecule has 2 heterocycles. The van der Waals surface area contributed by atoms with Crippen molar-refractivity contribution < 1.29 is 18.7 Å². The quantitative estimate of drug-likeness (QED) is 0.861. The fourth-order valence-electron chi connectivity index (χ4n) is 2.41. The molecule has 1 aliphatic rings. The summed E-state index contributed by atoms with van der Waals surface area (Å²) < 4.78 is 10.3. The zero-order chi connectivity index (χ0) is 16.0. The summed E-state index contributed by atoms with van der Waals surface area (Å²) in [6, 6.07) is 3.47. The van der Waals surface area contributed by atoms with E-state index in [2.05, 4.69) is 0 Å². The van der Waals surface area contributed by atoms with E-state index in [1.807, 2.05) is 19.2 Å². The number of amides is 2. The van der Waals surface area contributed by atoms with Crippen LogP contribution in [0.4, 0.5) is 10.7 Å². The standard InChI is InChI=1S/C15H14N2O5/c1-6-3-8-10(4-7(6)2)21-13(16)9(12(8)18)5-11-14(19)17-15(20)22-11/h3-4,11H,5,16H2,1-2H3,(H,17,19,20). The molecule has 1 aromatic carbocycles. The van der Waals surface area contributed by atoms with Crippen LogP contribution in [0.25, 0.3) is 11.0 Å². The number of hydrogen-bond acceptors (Lipinski definition) is 6. The summed E-state index contributed by atoms with van der Waals surface area (Å²) in [6.45, 7) is 3.79. The van der Waals surface area contributed by atoms with Gasteiger partial charge in [-0.2, -0.15) is 0 Å². The molecule has 2 amide bonds. The van der Waals surface area contributed by atoms with Gasteiger partial charge in [-0.1, -0.05) is 0 Å². The third-order valence-corrected chi connectivity index (χ3v) is 3.79. The predicted molar refractivity (Wildman–Crippen MR) is 78.5 cm³/mol. The SMILES string of the molecule is Cc1cc2oc(N)c(CC3OC(=O)NC3=O)c(=O)c2cc1C. The molecule has 1 atom stereocenters. The first-order chi connectivity index (χ1) is 10.4. The number of hydrogen-bond donors (Lipinski definition) is 2. The molecular weight excluding hydrogens is 288 g/mol. The number of carbonyl (C=O) groups is 2. The lowest BCUT2D eigenvalue weighted by molar-refractivity contribution is -0.123. The summed E-state index contributed by atoms with van der Waals surface area (Å²) in [5.74, 6) is -0.666.